The number of aliphatic hydroxyl groups is 4. The smallest absolute Gasteiger partial charge is 0.306 e. The molecule has 6 atom stereocenters. The topological polar surface area (TPSA) is 152 Å². The van der Waals surface area contributed by atoms with Gasteiger partial charge < -0.3 is 39.4 Å². The van der Waals surface area contributed by atoms with Gasteiger partial charge in [-0.1, -0.05) is 185 Å². The van der Waals surface area contributed by atoms with Crippen molar-refractivity contribution in [1.82, 2.24) is 0 Å². The number of hydrogen-bond acceptors (Lipinski definition) is 10. The maximum atomic E-state index is 12.8. The van der Waals surface area contributed by atoms with Crippen molar-refractivity contribution in [3.05, 3.63) is 36.5 Å². The predicted octanol–water partition coefficient (Wildman–Crippen LogP) is 10.7. The number of hydrogen-bond donors (Lipinski definition) is 4. The van der Waals surface area contributed by atoms with Crippen LogP contribution < -0.4 is 0 Å². The zero-order valence-corrected chi connectivity index (χ0v) is 37.5. The summed E-state index contributed by atoms with van der Waals surface area (Å²) in [6.07, 6.45) is 38.7. The molecule has 1 aliphatic heterocycles. The van der Waals surface area contributed by atoms with Crippen molar-refractivity contribution in [2.24, 2.45) is 0 Å². The maximum absolute atomic E-state index is 12.8. The first-order chi connectivity index (χ1) is 28.8. The largest absolute Gasteiger partial charge is 0.462 e. The van der Waals surface area contributed by atoms with E-state index in [0.29, 0.717) is 12.8 Å². The normalized spacial score (nSPS) is 20.3. The number of unbranched alkanes of at least 4 members (excludes halogenated alkanes) is 23. The van der Waals surface area contributed by atoms with Gasteiger partial charge in [-0.25, -0.2) is 0 Å². The van der Waals surface area contributed by atoms with Crippen LogP contribution in [0, 0.1) is 0 Å². The van der Waals surface area contributed by atoms with Gasteiger partial charge in [0.1, 0.15) is 31.0 Å². The van der Waals surface area contributed by atoms with Crippen LogP contribution in [-0.2, 0) is 28.5 Å². The number of esters is 2. The van der Waals surface area contributed by atoms with E-state index in [2.05, 4.69) is 44.2 Å². The summed E-state index contributed by atoms with van der Waals surface area (Å²) in [6.45, 7) is 3.39. The molecule has 0 aromatic rings. The van der Waals surface area contributed by atoms with Crippen LogP contribution in [0.1, 0.15) is 206 Å². The molecule has 1 saturated heterocycles. The van der Waals surface area contributed by atoms with Crippen molar-refractivity contribution in [2.75, 3.05) is 19.8 Å². The predicted molar refractivity (Wildman–Crippen MR) is 238 cm³/mol. The Kier molecular flexibility index (Phi) is 37.3. The number of allylic oxidation sites excluding steroid dienone is 6. The Labute approximate surface area is 359 Å². The molecule has 0 amide bonds. The summed E-state index contributed by atoms with van der Waals surface area (Å²) in [7, 11) is 0. The first-order valence-electron chi connectivity index (χ1n) is 24.1. The Morgan fingerprint density at radius 2 is 0.966 bits per heavy atom. The molecule has 1 aliphatic rings. The first kappa shape index (κ1) is 54.9. The lowest BCUT2D eigenvalue weighted by Gasteiger charge is -2.39. The van der Waals surface area contributed by atoms with Gasteiger partial charge in [-0.05, 0) is 44.9 Å². The molecule has 59 heavy (non-hydrogen) atoms. The quantitative estimate of drug-likeness (QED) is 0.0267. The highest BCUT2D eigenvalue weighted by Gasteiger charge is 2.44. The zero-order valence-electron chi connectivity index (χ0n) is 37.5. The van der Waals surface area contributed by atoms with Crippen molar-refractivity contribution in [2.45, 2.75) is 243 Å². The molecule has 10 nitrogen and oxygen atoms in total. The third-order valence-corrected chi connectivity index (χ3v) is 11.0. The van der Waals surface area contributed by atoms with Gasteiger partial charge in [0.25, 0.3) is 0 Å². The summed E-state index contributed by atoms with van der Waals surface area (Å²) in [5.74, 6) is -0.860. The third-order valence-electron chi connectivity index (χ3n) is 11.0. The molecular formula is C49H88O10. The van der Waals surface area contributed by atoms with Crippen LogP contribution >= 0.6 is 0 Å². The fourth-order valence-corrected chi connectivity index (χ4v) is 7.21. The van der Waals surface area contributed by atoms with Gasteiger partial charge in [-0.15, -0.1) is 0 Å². The van der Waals surface area contributed by atoms with E-state index >= 15 is 0 Å². The minimum absolute atomic E-state index is 0.160. The molecule has 0 saturated carbocycles. The number of carbonyl (C=O) groups is 2. The van der Waals surface area contributed by atoms with E-state index in [1.165, 1.54) is 128 Å². The van der Waals surface area contributed by atoms with Crippen molar-refractivity contribution >= 4 is 11.9 Å². The molecule has 0 bridgehead atoms. The second-order valence-electron chi connectivity index (χ2n) is 16.6. The van der Waals surface area contributed by atoms with Gasteiger partial charge in [-0.3, -0.25) is 9.59 Å². The lowest BCUT2D eigenvalue weighted by Crippen LogP contribution is -2.59. The third kappa shape index (κ3) is 31.4. The molecule has 0 aromatic heterocycles. The zero-order chi connectivity index (χ0) is 43.0. The Hall–Kier alpha value is -2.08. The van der Waals surface area contributed by atoms with Gasteiger partial charge in [0.05, 0.1) is 13.2 Å². The van der Waals surface area contributed by atoms with Gasteiger partial charge in [0.15, 0.2) is 12.4 Å². The Morgan fingerprint density at radius 1 is 0.525 bits per heavy atom. The van der Waals surface area contributed by atoms with Gasteiger partial charge in [-0.2, -0.15) is 0 Å². The highest BCUT2D eigenvalue weighted by atomic mass is 16.7. The maximum Gasteiger partial charge on any atom is 0.306 e. The molecule has 1 heterocycles. The molecule has 2 unspecified atom stereocenters. The highest BCUT2D eigenvalue weighted by Crippen LogP contribution is 2.23. The lowest BCUT2D eigenvalue weighted by atomic mass is 9.99. The van der Waals surface area contributed by atoms with Crippen LogP contribution in [0.3, 0.4) is 0 Å². The van der Waals surface area contributed by atoms with Crippen LogP contribution in [0.15, 0.2) is 36.5 Å². The van der Waals surface area contributed by atoms with Gasteiger partial charge in [0.2, 0.25) is 0 Å². The molecule has 0 spiro atoms. The second kappa shape index (κ2) is 40.0. The minimum Gasteiger partial charge on any atom is -0.462 e. The summed E-state index contributed by atoms with van der Waals surface area (Å²) >= 11 is 0. The molecule has 1 rings (SSSR count). The van der Waals surface area contributed by atoms with Crippen molar-refractivity contribution in [1.29, 1.82) is 0 Å². The molecule has 1 fully saturated rings. The SMILES string of the molecule is CCCCCCCC/C=C/C/C=C/C/C=C/CCCC(=O)O[C@@H](COC(=O)CCCCCCCCCCCCCCCCCCC)CO[C@H]1O[C@@H](CO)[C@@H](O)C(O)C1O. The van der Waals surface area contributed by atoms with Crippen LogP contribution in [-0.4, -0.2) is 89.0 Å². The summed E-state index contributed by atoms with van der Waals surface area (Å²) < 4.78 is 22.1. The van der Waals surface area contributed by atoms with E-state index in [1.54, 1.807) is 0 Å². The van der Waals surface area contributed by atoms with Gasteiger partial charge in [0, 0.05) is 12.8 Å². The second-order valence-corrected chi connectivity index (χ2v) is 16.6. The van der Waals surface area contributed by atoms with Crippen LogP contribution in [0.2, 0.25) is 0 Å². The monoisotopic (exact) mass is 837 g/mol. The van der Waals surface area contributed by atoms with Crippen LogP contribution in [0.25, 0.3) is 0 Å². The summed E-state index contributed by atoms with van der Waals surface area (Å²) in [5, 5.41) is 40.1. The highest BCUT2D eigenvalue weighted by molar-refractivity contribution is 5.70. The van der Waals surface area contributed by atoms with E-state index in [1.807, 2.05) is 6.08 Å². The Balaban J connectivity index is 2.33. The van der Waals surface area contributed by atoms with Crippen LogP contribution in [0.4, 0.5) is 0 Å². The first-order valence-corrected chi connectivity index (χ1v) is 24.1. The van der Waals surface area contributed by atoms with Crippen molar-refractivity contribution < 1.29 is 49.0 Å². The summed E-state index contributed by atoms with van der Waals surface area (Å²) in [5.41, 5.74) is 0. The van der Waals surface area contributed by atoms with E-state index in [9.17, 15) is 30.0 Å². The van der Waals surface area contributed by atoms with E-state index in [0.717, 1.165) is 38.5 Å². The van der Waals surface area contributed by atoms with E-state index < -0.39 is 49.4 Å². The number of ether oxygens (including phenoxy) is 4. The number of aliphatic hydroxyl groups excluding tert-OH is 4. The summed E-state index contributed by atoms with van der Waals surface area (Å²) in [4.78, 5) is 25.4. The van der Waals surface area contributed by atoms with Crippen LogP contribution in [0.5, 0.6) is 0 Å². The van der Waals surface area contributed by atoms with E-state index in [-0.39, 0.29) is 32.0 Å². The molecule has 0 aromatic carbocycles. The standard InChI is InChI=1S/C49H88O10/c1-3-5-7-9-11-13-15-17-19-21-23-25-27-29-31-33-35-37-44(51)56-40-42(41-57-49-48(55)47(54)46(53)43(39-50)59-49)58-45(52)38-36-34-32-30-28-26-24-22-20-18-16-14-12-10-8-6-4-2/h18,20,24,26,30,32,42-43,46-50,53-55H,3-17,19,21-23,25,27-29,31,33-41H2,1-2H3/b20-18+,26-24+,32-30+/t42-,43-,46+,47?,48?,49-/m0/s1. The van der Waals surface area contributed by atoms with E-state index in [4.69, 9.17) is 18.9 Å². The molecule has 0 aliphatic carbocycles. The Bertz CT molecular complexity index is 1060. The molecular weight excluding hydrogens is 749 g/mol. The molecule has 344 valence electrons. The summed E-state index contributed by atoms with van der Waals surface area (Å²) in [6, 6.07) is 0. The fraction of sp³-hybridized carbons (Fsp3) is 0.837. The van der Waals surface area contributed by atoms with Crippen molar-refractivity contribution in [3.8, 4) is 0 Å². The average Bonchev–Trinajstić information content (AvgIpc) is 3.23. The lowest BCUT2D eigenvalue weighted by molar-refractivity contribution is -0.305. The minimum atomic E-state index is -1.60. The number of rotatable bonds is 40. The molecule has 10 heteroatoms. The fourth-order valence-electron chi connectivity index (χ4n) is 7.21. The number of carbonyl (C=O) groups excluding carboxylic acids is 2. The van der Waals surface area contributed by atoms with Crippen molar-refractivity contribution in [3.63, 3.8) is 0 Å². The Morgan fingerprint density at radius 3 is 1.47 bits per heavy atom. The average molecular weight is 837 g/mol. The molecule has 4 N–H and O–H groups in total. The molecule has 0 radical (unpaired) electrons. The van der Waals surface area contributed by atoms with Gasteiger partial charge >= 0.3 is 11.9 Å².